The van der Waals surface area contributed by atoms with Gasteiger partial charge in [0.15, 0.2) is 5.82 Å². The van der Waals surface area contributed by atoms with E-state index >= 15 is 0 Å². The van der Waals surface area contributed by atoms with E-state index in [1.54, 1.807) is 29.5 Å². The minimum atomic E-state index is -1.03. The first-order valence-electron chi connectivity index (χ1n) is 18.2. The number of amides is 4. The summed E-state index contributed by atoms with van der Waals surface area (Å²) in [7, 11) is 0. The first-order chi connectivity index (χ1) is 26.5. The van der Waals surface area contributed by atoms with Gasteiger partial charge in [0.25, 0.3) is 11.8 Å². The number of benzene rings is 2. The van der Waals surface area contributed by atoms with Gasteiger partial charge in [-0.1, -0.05) is 29.8 Å². The zero-order valence-corrected chi connectivity index (χ0v) is 32.2. The second kappa shape index (κ2) is 16.3. The number of Topliss-reactive ketones (excluding diaryl/α,β-unsaturated/α-hetero) is 1. The van der Waals surface area contributed by atoms with Crippen LogP contribution in [0, 0.1) is 20.8 Å². The summed E-state index contributed by atoms with van der Waals surface area (Å²) >= 11 is 7.88. The van der Waals surface area contributed by atoms with Gasteiger partial charge in [-0.2, -0.15) is 0 Å². The number of ketones is 1. The van der Waals surface area contributed by atoms with Gasteiger partial charge in [-0.05, 0) is 63.4 Å². The molecule has 4 aromatic rings. The number of anilines is 1. The van der Waals surface area contributed by atoms with Gasteiger partial charge in [0.1, 0.15) is 28.7 Å². The molecule has 0 radical (unpaired) electrons. The van der Waals surface area contributed by atoms with Crippen LogP contribution in [-0.4, -0.2) is 93.8 Å². The number of aryl methyl sites for hydroxylation is 2. The number of rotatable bonds is 15. The molecule has 286 valence electrons. The number of carbonyl (C=O) groups excluding carboxylic acids is 5. The zero-order chi connectivity index (χ0) is 38.8. The molecule has 3 aliphatic heterocycles. The molecule has 4 amide bonds. The van der Waals surface area contributed by atoms with Gasteiger partial charge in [0, 0.05) is 59.1 Å². The van der Waals surface area contributed by atoms with Crippen molar-refractivity contribution in [2.24, 2.45) is 4.99 Å². The molecule has 1 unspecified atom stereocenters. The maximum absolute atomic E-state index is 13.3. The fourth-order valence-corrected chi connectivity index (χ4v) is 8.40. The lowest BCUT2D eigenvalue weighted by atomic mass is 9.99. The number of ether oxygens (including phenoxy) is 2. The number of hydrogen-bond acceptors (Lipinski definition) is 12. The van der Waals surface area contributed by atoms with Crippen molar-refractivity contribution in [2.45, 2.75) is 65.0 Å². The Balaban J connectivity index is 0.863. The van der Waals surface area contributed by atoms with E-state index < -0.39 is 35.7 Å². The summed E-state index contributed by atoms with van der Waals surface area (Å²) in [6.45, 7) is 7.80. The van der Waals surface area contributed by atoms with Crippen LogP contribution in [0.3, 0.4) is 0 Å². The summed E-state index contributed by atoms with van der Waals surface area (Å²) in [6.07, 6.45) is 1.19. The molecule has 2 atom stereocenters. The van der Waals surface area contributed by atoms with Crippen LogP contribution < -0.4 is 10.6 Å². The second-order valence-electron chi connectivity index (χ2n) is 13.6. The van der Waals surface area contributed by atoms with Crippen molar-refractivity contribution in [1.82, 2.24) is 25.0 Å². The van der Waals surface area contributed by atoms with Crippen LogP contribution in [0.25, 0.3) is 5.00 Å². The highest BCUT2D eigenvalue weighted by Gasteiger charge is 2.45. The Bertz CT molecular complexity index is 2210. The van der Waals surface area contributed by atoms with Crippen molar-refractivity contribution in [3.63, 3.8) is 0 Å². The number of nitrogens with zero attached hydrogens (tertiary/aromatic N) is 5. The molecule has 1 saturated heterocycles. The lowest BCUT2D eigenvalue weighted by Crippen LogP contribution is -2.54. The molecule has 0 saturated carbocycles. The predicted octanol–water partition coefficient (Wildman–Crippen LogP) is 5.09. The Labute approximate surface area is 326 Å². The molecule has 5 heterocycles. The number of aliphatic imine (C=N–C) groups is 1. The fourth-order valence-electron chi connectivity index (χ4n) is 7.06. The van der Waals surface area contributed by atoms with Crippen LogP contribution in [0.4, 0.5) is 5.69 Å². The summed E-state index contributed by atoms with van der Waals surface area (Å²) in [6, 6.07) is 11.0. The van der Waals surface area contributed by atoms with Gasteiger partial charge in [-0.3, -0.25) is 43.7 Å². The van der Waals surface area contributed by atoms with Crippen LogP contribution in [0.2, 0.25) is 5.02 Å². The maximum atomic E-state index is 13.3. The quantitative estimate of drug-likeness (QED) is 0.122. The Morgan fingerprint density at radius 3 is 2.49 bits per heavy atom. The first-order valence-corrected chi connectivity index (χ1v) is 19.3. The van der Waals surface area contributed by atoms with E-state index in [0.717, 1.165) is 38.1 Å². The smallest absolute Gasteiger partial charge is 0.264 e. The third-order valence-corrected chi connectivity index (χ3v) is 11.4. The van der Waals surface area contributed by atoms with E-state index in [9.17, 15) is 24.0 Å². The molecule has 2 aromatic carbocycles. The Kier molecular flexibility index (Phi) is 11.3. The molecule has 7 rings (SSSR count). The van der Waals surface area contributed by atoms with Gasteiger partial charge < -0.3 is 14.8 Å². The van der Waals surface area contributed by atoms with Crippen molar-refractivity contribution >= 4 is 63.7 Å². The van der Waals surface area contributed by atoms with E-state index in [4.69, 9.17) is 26.1 Å². The van der Waals surface area contributed by atoms with E-state index in [1.807, 2.05) is 35.8 Å². The van der Waals surface area contributed by atoms with Gasteiger partial charge in [-0.25, -0.2) is 0 Å². The molecular formula is C39H40ClN7O7S. The first kappa shape index (κ1) is 38.2. The molecule has 2 N–H and O–H groups in total. The van der Waals surface area contributed by atoms with Gasteiger partial charge in [-0.15, -0.1) is 21.5 Å². The number of halogens is 1. The van der Waals surface area contributed by atoms with Crippen LogP contribution in [0.15, 0.2) is 47.5 Å². The van der Waals surface area contributed by atoms with Crippen LogP contribution in [0.5, 0.6) is 0 Å². The van der Waals surface area contributed by atoms with Gasteiger partial charge in [0.2, 0.25) is 11.8 Å². The highest BCUT2D eigenvalue weighted by molar-refractivity contribution is 7.15. The average molecular weight is 786 g/mol. The Hall–Kier alpha value is -5.09. The monoisotopic (exact) mass is 785 g/mol. The van der Waals surface area contributed by atoms with Gasteiger partial charge in [0.05, 0.1) is 36.7 Å². The summed E-state index contributed by atoms with van der Waals surface area (Å²) in [5, 5.41) is 15.8. The lowest BCUT2D eigenvalue weighted by molar-refractivity contribution is -0.136. The van der Waals surface area contributed by atoms with E-state index in [1.165, 1.54) is 4.88 Å². The topological polar surface area (TPSA) is 174 Å². The molecule has 16 heteroatoms. The normalized spacial score (nSPS) is 17.7. The summed E-state index contributed by atoms with van der Waals surface area (Å²) in [5.74, 6) is -0.776. The van der Waals surface area contributed by atoms with Crippen molar-refractivity contribution in [3.8, 4) is 5.00 Å². The molecule has 2 aromatic heterocycles. The SMILES string of the molecule is Cc1sc2c(c1C)C(c1ccc(Cl)cc1)=N[C@@H](CC(=O)CCCOCCOCCNc1cccc3c1C(=O)N(C1CCC(=O)NC1=O)C3=O)c1nnc(C)n1-2. The molecule has 1 fully saturated rings. The highest BCUT2D eigenvalue weighted by atomic mass is 35.5. The number of piperidine rings is 1. The van der Waals surface area contributed by atoms with Crippen LogP contribution in [0.1, 0.15) is 92.1 Å². The predicted molar refractivity (Wildman–Crippen MR) is 205 cm³/mol. The van der Waals surface area contributed by atoms with Crippen molar-refractivity contribution in [2.75, 3.05) is 38.3 Å². The molecular weight excluding hydrogens is 746 g/mol. The molecule has 14 nitrogen and oxygen atoms in total. The largest absolute Gasteiger partial charge is 0.382 e. The van der Waals surface area contributed by atoms with Crippen molar-refractivity contribution in [3.05, 3.63) is 91.8 Å². The molecule has 3 aliphatic rings. The maximum Gasteiger partial charge on any atom is 0.264 e. The molecule has 0 aliphatic carbocycles. The lowest BCUT2D eigenvalue weighted by Gasteiger charge is -2.27. The molecule has 55 heavy (non-hydrogen) atoms. The Morgan fingerprint density at radius 1 is 0.964 bits per heavy atom. The van der Waals surface area contributed by atoms with Gasteiger partial charge >= 0.3 is 0 Å². The van der Waals surface area contributed by atoms with E-state index in [2.05, 4.69) is 34.7 Å². The number of hydrogen-bond donors (Lipinski definition) is 2. The number of fused-ring (bicyclic) bond motifs is 4. The number of aromatic nitrogens is 3. The molecule has 0 spiro atoms. The number of thiophene rings is 1. The number of imide groups is 2. The summed E-state index contributed by atoms with van der Waals surface area (Å²) < 4.78 is 13.5. The zero-order valence-electron chi connectivity index (χ0n) is 30.6. The minimum Gasteiger partial charge on any atom is -0.382 e. The minimum absolute atomic E-state index is 0.0494. The summed E-state index contributed by atoms with van der Waals surface area (Å²) in [4.78, 5) is 70.9. The van der Waals surface area contributed by atoms with Crippen LogP contribution >= 0.6 is 22.9 Å². The molecule has 0 bridgehead atoms. The fraction of sp³-hybridized carbons (Fsp3) is 0.385. The number of nitrogens with one attached hydrogen (secondary N) is 2. The van der Waals surface area contributed by atoms with E-state index in [0.29, 0.717) is 62.3 Å². The van der Waals surface area contributed by atoms with Crippen molar-refractivity contribution in [1.29, 1.82) is 0 Å². The highest BCUT2D eigenvalue weighted by Crippen LogP contribution is 2.40. The Morgan fingerprint density at radius 2 is 1.73 bits per heavy atom. The third-order valence-electron chi connectivity index (χ3n) is 9.92. The van der Waals surface area contributed by atoms with Crippen LogP contribution in [-0.2, 0) is 23.9 Å². The van der Waals surface area contributed by atoms with E-state index in [-0.39, 0.29) is 36.2 Å². The second-order valence-corrected chi connectivity index (χ2v) is 15.2. The number of carbonyl (C=O) groups is 5. The summed E-state index contributed by atoms with van der Waals surface area (Å²) in [5.41, 5.74) is 4.74. The average Bonchev–Trinajstić information content (AvgIpc) is 3.74. The van der Waals surface area contributed by atoms with Crippen molar-refractivity contribution < 1.29 is 33.4 Å². The third kappa shape index (κ3) is 7.74. The standard InChI is InChI=1S/C39H40ClN7O7S/c1-21-22(2)55-39-32(21)34(24-9-11-25(40)12-10-24)42-29(35-45-44-23(3)46(35)39)20-26(48)6-5-16-53-18-19-54-17-15-41-28-8-4-7-27-33(28)38(52)47(37(27)51)30-13-14-31(49)43-36(30)50/h4,7-12,29-30,41H,5-6,13-20H2,1-3H3,(H,43,49,50)/t29-,30?/m0/s1.